The van der Waals surface area contributed by atoms with Gasteiger partial charge in [0.2, 0.25) is 0 Å². The van der Waals surface area contributed by atoms with E-state index >= 15 is 0 Å². The van der Waals surface area contributed by atoms with Crippen LogP contribution < -0.4 is 0 Å². The Morgan fingerprint density at radius 2 is 1.18 bits per heavy atom. The molecule has 0 fully saturated rings. The van der Waals surface area contributed by atoms with Crippen molar-refractivity contribution in [2.45, 2.75) is 142 Å². The second-order valence-corrected chi connectivity index (χ2v) is 14.2. The van der Waals surface area contributed by atoms with Gasteiger partial charge in [-0.15, -0.1) is 0 Å². The summed E-state index contributed by atoms with van der Waals surface area (Å²) in [6.45, 7) is 5.36. The number of carbonyl (C=O) groups excluding carboxylic acids is 1. The lowest BCUT2D eigenvalue weighted by molar-refractivity contribution is -0.867. The molecule has 0 amide bonds. The van der Waals surface area contributed by atoms with E-state index in [2.05, 4.69) is 6.92 Å². The number of esters is 1. The summed E-state index contributed by atoms with van der Waals surface area (Å²) >= 11 is 0. The lowest BCUT2D eigenvalue weighted by atomic mass is 10.0. The molecule has 0 bridgehead atoms. The van der Waals surface area contributed by atoms with E-state index in [4.69, 9.17) is 14.0 Å². The molecule has 0 radical (unpaired) electrons. The zero-order chi connectivity index (χ0) is 29.2. The topological polar surface area (TPSA) is 82.1 Å². The molecule has 0 saturated heterocycles. The summed E-state index contributed by atoms with van der Waals surface area (Å²) in [7, 11) is 2.14. The van der Waals surface area contributed by atoms with Gasteiger partial charge in [-0.3, -0.25) is 9.36 Å². The van der Waals surface area contributed by atoms with Gasteiger partial charge in [0.15, 0.2) is 0 Å². The number of nitrogens with zero attached hydrogens (tertiary/aromatic N) is 1. The van der Waals surface area contributed by atoms with Crippen LogP contribution in [0.15, 0.2) is 0 Å². The minimum absolute atomic E-state index is 0.0617. The molecule has 2 atom stereocenters. The Bertz CT molecular complexity index is 610. The molecule has 1 N–H and O–H groups in total. The average Bonchev–Trinajstić information content (AvgIpc) is 2.87. The van der Waals surface area contributed by atoms with Crippen LogP contribution in [0.3, 0.4) is 0 Å². The largest absolute Gasteiger partial charge is 0.457 e. The lowest BCUT2D eigenvalue weighted by Gasteiger charge is -2.25. The first-order valence-electron chi connectivity index (χ1n) is 16.1. The van der Waals surface area contributed by atoms with E-state index < -0.39 is 13.7 Å². The minimum Gasteiger partial charge on any atom is -0.457 e. The highest BCUT2D eigenvalue weighted by Crippen LogP contribution is 2.42. The number of ether oxygens (including phenoxy) is 2. The highest BCUT2D eigenvalue weighted by molar-refractivity contribution is 7.52. The van der Waals surface area contributed by atoms with Gasteiger partial charge in [-0.2, -0.15) is 0 Å². The molecule has 2 unspecified atom stereocenters. The van der Waals surface area contributed by atoms with Crippen molar-refractivity contribution < 1.29 is 32.7 Å². The first-order valence-corrected chi connectivity index (χ1v) is 17.9. The normalized spacial score (nSPS) is 14.3. The summed E-state index contributed by atoms with van der Waals surface area (Å²) < 4.78 is 29.4. The van der Waals surface area contributed by atoms with Gasteiger partial charge in [-0.25, -0.2) is 0 Å². The van der Waals surface area contributed by atoms with Crippen molar-refractivity contribution in [3.05, 3.63) is 0 Å². The first kappa shape index (κ1) is 38.5. The third-order valence-corrected chi connectivity index (χ3v) is 8.28. The van der Waals surface area contributed by atoms with E-state index in [-0.39, 0.29) is 25.3 Å². The average molecular weight is 579 g/mol. The molecule has 8 heteroatoms. The van der Waals surface area contributed by atoms with Crippen molar-refractivity contribution in [3.8, 4) is 0 Å². The van der Waals surface area contributed by atoms with Crippen LogP contribution >= 0.6 is 7.60 Å². The molecule has 0 aromatic heterocycles. The molecular weight excluding hydrogens is 513 g/mol. The van der Waals surface area contributed by atoms with Crippen LogP contribution in [-0.2, 0) is 23.4 Å². The predicted molar refractivity (Wildman–Crippen MR) is 163 cm³/mol. The maximum Gasteiger partial charge on any atom is 0.333 e. The Labute approximate surface area is 241 Å². The molecule has 0 aliphatic heterocycles. The Morgan fingerprint density at radius 3 is 1.62 bits per heavy atom. The van der Waals surface area contributed by atoms with Crippen LogP contribution in [0.4, 0.5) is 0 Å². The van der Waals surface area contributed by atoms with Gasteiger partial charge in [-0.1, -0.05) is 117 Å². The summed E-state index contributed by atoms with van der Waals surface area (Å²) in [6.07, 6.45) is 23.1. The maximum atomic E-state index is 12.4. The van der Waals surface area contributed by atoms with Gasteiger partial charge < -0.3 is 23.4 Å². The highest BCUT2D eigenvalue weighted by Gasteiger charge is 2.26. The Hall–Kier alpha value is -0.460. The van der Waals surface area contributed by atoms with Crippen molar-refractivity contribution in [2.75, 3.05) is 53.7 Å². The molecule has 0 aliphatic rings. The van der Waals surface area contributed by atoms with Gasteiger partial charge in [0.05, 0.1) is 47.1 Å². The van der Waals surface area contributed by atoms with Crippen LogP contribution in [0.5, 0.6) is 0 Å². The Balaban J connectivity index is 3.83. The highest BCUT2D eigenvalue weighted by atomic mass is 31.2. The van der Waals surface area contributed by atoms with Crippen molar-refractivity contribution in [1.29, 1.82) is 0 Å². The van der Waals surface area contributed by atoms with Gasteiger partial charge in [0.1, 0.15) is 6.10 Å². The maximum absolute atomic E-state index is 12.4. The summed E-state index contributed by atoms with van der Waals surface area (Å²) in [6, 6.07) is 0. The second-order valence-electron chi connectivity index (χ2n) is 12.3. The van der Waals surface area contributed by atoms with Crippen molar-refractivity contribution in [1.82, 2.24) is 0 Å². The standard InChI is InChI=1S/C31H64NO6P/c1-6-8-9-10-11-12-13-14-15-16-17-18-19-20-21-22-23-26-36-28-30(38-31(33)24-7-2)29-37-39(34,35)27-25-32(3,4)5/h30H,6-29H2,1-5H3/p+1. The van der Waals surface area contributed by atoms with Crippen LogP contribution in [-0.4, -0.2) is 75.1 Å². The Morgan fingerprint density at radius 1 is 0.718 bits per heavy atom. The van der Waals surface area contributed by atoms with Crippen LogP contribution in [0.25, 0.3) is 0 Å². The van der Waals surface area contributed by atoms with E-state index in [0.29, 0.717) is 30.5 Å². The monoisotopic (exact) mass is 578 g/mol. The number of quaternary nitrogens is 1. The summed E-state index contributed by atoms with van der Waals surface area (Å²) in [4.78, 5) is 22.1. The van der Waals surface area contributed by atoms with Crippen molar-refractivity contribution >= 4 is 13.6 Å². The fourth-order valence-corrected chi connectivity index (χ4v) is 5.78. The van der Waals surface area contributed by atoms with Gasteiger partial charge in [0, 0.05) is 13.0 Å². The molecule has 234 valence electrons. The molecule has 0 saturated carbocycles. The van der Waals surface area contributed by atoms with Crippen LogP contribution in [0.2, 0.25) is 0 Å². The number of hydrogen-bond donors (Lipinski definition) is 1. The van der Waals surface area contributed by atoms with Crippen LogP contribution in [0.1, 0.15) is 136 Å². The summed E-state index contributed by atoms with van der Waals surface area (Å²) in [5.74, 6) is -0.327. The van der Waals surface area contributed by atoms with E-state index in [1.165, 1.54) is 96.3 Å². The van der Waals surface area contributed by atoms with Crippen molar-refractivity contribution in [2.24, 2.45) is 0 Å². The van der Waals surface area contributed by atoms with E-state index in [9.17, 15) is 14.3 Å². The fourth-order valence-electron chi connectivity index (χ4n) is 4.40. The molecule has 0 aromatic carbocycles. The van der Waals surface area contributed by atoms with Crippen molar-refractivity contribution in [3.63, 3.8) is 0 Å². The molecular formula is C31H65NO6P+. The lowest BCUT2D eigenvalue weighted by Crippen LogP contribution is -2.37. The minimum atomic E-state index is -3.74. The number of carbonyl (C=O) groups is 1. The molecule has 0 rings (SSSR count). The predicted octanol–water partition coefficient (Wildman–Crippen LogP) is 8.27. The second kappa shape index (κ2) is 25.3. The zero-order valence-corrected chi connectivity index (χ0v) is 27.3. The van der Waals surface area contributed by atoms with Gasteiger partial charge in [-0.05, 0) is 12.8 Å². The van der Waals surface area contributed by atoms with E-state index in [1.54, 1.807) is 0 Å². The van der Waals surface area contributed by atoms with Gasteiger partial charge >= 0.3 is 13.6 Å². The first-order chi connectivity index (χ1) is 18.6. The van der Waals surface area contributed by atoms with Crippen LogP contribution in [0, 0.1) is 0 Å². The smallest absolute Gasteiger partial charge is 0.333 e. The molecule has 0 heterocycles. The molecule has 7 nitrogen and oxygen atoms in total. The third kappa shape index (κ3) is 28.9. The fraction of sp³-hybridized carbons (Fsp3) is 0.968. The molecule has 0 aliphatic carbocycles. The number of hydrogen-bond acceptors (Lipinski definition) is 5. The molecule has 0 spiro atoms. The molecule has 39 heavy (non-hydrogen) atoms. The van der Waals surface area contributed by atoms with Gasteiger partial charge in [0.25, 0.3) is 0 Å². The van der Waals surface area contributed by atoms with E-state index in [1.807, 2.05) is 28.1 Å². The summed E-state index contributed by atoms with van der Waals surface area (Å²) in [5.41, 5.74) is 0. The third-order valence-electron chi connectivity index (χ3n) is 6.96. The SMILES string of the molecule is CCCCCCCCCCCCCCCCCCCOCC(COP(=O)(O)CC[N+](C)(C)C)OC(=O)CCC. The summed E-state index contributed by atoms with van der Waals surface area (Å²) in [5, 5.41) is 0. The number of rotatable bonds is 29. The quantitative estimate of drug-likeness (QED) is 0.0416. The van der Waals surface area contributed by atoms with E-state index in [0.717, 1.165) is 12.8 Å². The zero-order valence-electron chi connectivity index (χ0n) is 26.4. The molecule has 0 aromatic rings. The Kier molecular flexibility index (Phi) is 25.0. The number of unbranched alkanes of at least 4 members (excludes halogenated alkanes) is 16.